The van der Waals surface area contributed by atoms with Gasteiger partial charge in [-0.1, -0.05) is 29.8 Å². The summed E-state index contributed by atoms with van der Waals surface area (Å²) in [5, 5.41) is 2.99. The van der Waals surface area contributed by atoms with Crippen molar-refractivity contribution in [3.8, 4) is 0 Å². The lowest BCUT2D eigenvalue weighted by molar-refractivity contribution is -0.123. The summed E-state index contributed by atoms with van der Waals surface area (Å²) in [5.74, 6) is 0.0906. The third-order valence-electron chi connectivity index (χ3n) is 4.01. The Labute approximate surface area is 121 Å². The van der Waals surface area contributed by atoms with Crippen molar-refractivity contribution in [2.45, 2.75) is 45.3 Å². The summed E-state index contributed by atoms with van der Waals surface area (Å²) >= 11 is 0. The van der Waals surface area contributed by atoms with E-state index in [0.717, 1.165) is 24.9 Å². The van der Waals surface area contributed by atoms with Gasteiger partial charge >= 0.3 is 0 Å². The number of benzene rings is 1. The molecule has 1 aliphatic rings. The topological polar surface area (TPSA) is 58.4 Å². The summed E-state index contributed by atoms with van der Waals surface area (Å²) in [7, 11) is 0. The Morgan fingerprint density at radius 1 is 1.40 bits per heavy atom. The number of amides is 1. The van der Waals surface area contributed by atoms with E-state index in [2.05, 4.69) is 48.3 Å². The van der Waals surface area contributed by atoms with Gasteiger partial charge in [0.2, 0.25) is 5.91 Å². The number of hydrogen-bond acceptors (Lipinski definition) is 3. The number of rotatable bonds is 4. The zero-order valence-electron chi connectivity index (χ0n) is 12.4. The molecular weight excluding hydrogens is 250 g/mol. The van der Waals surface area contributed by atoms with Gasteiger partial charge in [-0.05, 0) is 32.3 Å². The highest BCUT2D eigenvalue weighted by Crippen LogP contribution is 2.15. The smallest absolute Gasteiger partial charge is 0.234 e. The highest BCUT2D eigenvalue weighted by molar-refractivity contribution is 5.78. The fourth-order valence-electron chi connectivity index (χ4n) is 2.64. The molecule has 0 spiro atoms. The molecule has 2 atom stereocenters. The van der Waals surface area contributed by atoms with Gasteiger partial charge in [0.25, 0.3) is 0 Å². The Hall–Kier alpha value is -1.39. The molecule has 4 heteroatoms. The largest absolute Gasteiger partial charge is 0.351 e. The molecule has 110 valence electrons. The monoisotopic (exact) mass is 275 g/mol. The van der Waals surface area contributed by atoms with Crippen LogP contribution in [0.15, 0.2) is 24.3 Å². The minimum atomic E-state index is 0.0906. The average molecular weight is 275 g/mol. The van der Waals surface area contributed by atoms with E-state index >= 15 is 0 Å². The van der Waals surface area contributed by atoms with Crippen LogP contribution in [-0.2, 0) is 11.3 Å². The van der Waals surface area contributed by atoms with Gasteiger partial charge in [0.1, 0.15) is 0 Å². The van der Waals surface area contributed by atoms with E-state index < -0.39 is 0 Å². The van der Waals surface area contributed by atoms with Crippen molar-refractivity contribution in [3.05, 3.63) is 35.4 Å². The first kappa shape index (κ1) is 15.0. The van der Waals surface area contributed by atoms with Gasteiger partial charge in [0.05, 0.1) is 6.54 Å². The number of hydrogen-bond donors (Lipinski definition) is 2. The standard InChI is InChI=1S/C16H25N3O/c1-12-3-5-14(6-4-12)10-18-16(20)11-19-8-7-15(17)9-13(19)2/h3-6,13,15H,7-11,17H2,1-2H3,(H,18,20). The van der Waals surface area contributed by atoms with Crippen LogP contribution in [0, 0.1) is 6.92 Å². The molecule has 2 rings (SSSR count). The lowest BCUT2D eigenvalue weighted by Crippen LogP contribution is -2.49. The first-order valence-electron chi connectivity index (χ1n) is 7.36. The lowest BCUT2D eigenvalue weighted by atomic mass is 9.99. The first-order valence-corrected chi connectivity index (χ1v) is 7.36. The van der Waals surface area contributed by atoms with Gasteiger partial charge < -0.3 is 11.1 Å². The number of nitrogens with one attached hydrogen (secondary N) is 1. The molecule has 0 aromatic heterocycles. The quantitative estimate of drug-likeness (QED) is 0.874. The van der Waals surface area contributed by atoms with Crippen LogP contribution in [-0.4, -0.2) is 36.0 Å². The molecule has 1 aromatic rings. The average Bonchev–Trinajstić information content (AvgIpc) is 2.41. The third kappa shape index (κ3) is 4.32. The summed E-state index contributed by atoms with van der Waals surface area (Å²) in [4.78, 5) is 14.2. The first-order chi connectivity index (χ1) is 9.54. The molecule has 0 bridgehead atoms. The summed E-state index contributed by atoms with van der Waals surface area (Å²) in [6.07, 6.45) is 1.96. The van der Waals surface area contributed by atoms with E-state index in [9.17, 15) is 4.79 Å². The van der Waals surface area contributed by atoms with Crippen molar-refractivity contribution >= 4 is 5.91 Å². The van der Waals surface area contributed by atoms with E-state index in [1.165, 1.54) is 5.56 Å². The fourth-order valence-corrected chi connectivity index (χ4v) is 2.64. The molecule has 0 saturated carbocycles. The second-order valence-corrected chi connectivity index (χ2v) is 5.87. The van der Waals surface area contributed by atoms with E-state index in [1.807, 2.05) is 0 Å². The normalized spacial score (nSPS) is 23.6. The number of likely N-dealkylation sites (tertiary alicyclic amines) is 1. The molecular formula is C16H25N3O. The predicted molar refractivity (Wildman–Crippen MR) is 81.3 cm³/mol. The highest BCUT2D eigenvalue weighted by Gasteiger charge is 2.24. The van der Waals surface area contributed by atoms with Gasteiger partial charge in [-0.2, -0.15) is 0 Å². The number of nitrogens with zero attached hydrogens (tertiary/aromatic N) is 1. The molecule has 4 nitrogen and oxygen atoms in total. The maximum atomic E-state index is 12.0. The van der Waals surface area contributed by atoms with Crippen LogP contribution >= 0.6 is 0 Å². The van der Waals surface area contributed by atoms with Gasteiger partial charge in [-0.25, -0.2) is 0 Å². The molecule has 20 heavy (non-hydrogen) atoms. The molecule has 1 fully saturated rings. The van der Waals surface area contributed by atoms with Crippen LogP contribution in [0.25, 0.3) is 0 Å². The van der Waals surface area contributed by atoms with Gasteiger partial charge in [-0.15, -0.1) is 0 Å². The number of piperidine rings is 1. The van der Waals surface area contributed by atoms with Crippen molar-refractivity contribution < 1.29 is 4.79 Å². The van der Waals surface area contributed by atoms with Gasteiger partial charge in [0.15, 0.2) is 0 Å². The van der Waals surface area contributed by atoms with E-state index in [4.69, 9.17) is 5.73 Å². The summed E-state index contributed by atoms with van der Waals surface area (Å²) in [6.45, 7) is 6.19. The van der Waals surface area contributed by atoms with Crippen molar-refractivity contribution in [2.75, 3.05) is 13.1 Å². The summed E-state index contributed by atoms with van der Waals surface area (Å²) in [6, 6.07) is 8.92. The minimum Gasteiger partial charge on any atom is -0.351 e. The Morgan fingerprint density at radius 2 is 2.10 bits per heavy atom. The predicted octanol–water partition coefficient (Wildman–Crippen LogP) is 1.42. The third-order valence-corrected chi connectivity index (χ3v) is 4.01. The zero-order chi connectivity index (χ0) is 14.5. The number of aryl methyl sites for hydroxylation is 1. The summed E-state index contributed by atoms with van der Waals surface area (Å²) < 4.78 is 0. The van der Waals surface area contributed by atoms with Crippen LogP contribution in [0.3, 0.4) is 0 Å². The zero-order valence-corrected chi connectivity index (χ0v) is 12.4. The second-order valence-electron chi connectivity index (χ2n) is 5.87. The maximum Gasteiger partial charge on any atom is 0.234 e. The molecule has 1 saturated heterocycles. The number of nitrogens with two attached hydrogens (primary N) is 1. The molecule has 1 aliphatic heterocycles. The van der Waals surface area contributed by atoms with Crippen LogP contribution in [0.1, 0.15) is 30.9 Å². The molecule has 0 radical (unpaired) electrons. The summed E-state index contributed by atoms with van der Waals surface area (Å²) in [5.41, 5.74) is 8.31. The van der Waals surface area contributed by atoms with Gasteiger partial charge in [0, 0.05) is 25.2 Å². The van der Waals surface area contributed by atoms with Crippen LogP contribution in [0.2, 0.25) is 0 Å². The lowest BCUT2D eigenvalue weighted by Gasteiger charge is -2.35. The fraction of sp³-hybridized carbons (Fsp3) is 0.562. The molecule has 1 aromatic carbocycles. The minimum absolute atomic E-state index is 0.0906. The van der Waals surface area contributed by atoms with E-state index in [0.29, 0.717) is 19.1 Å². The highest BCUT2D eigenvalue weighted by atomic mass is 16.2. The van der Waals surface area contributed by atoms with Crippen molar-refractivity contribution in [3.63, 3.8) is 0 Å². The number of carbonyl (C=O) groups is 1. The van der Waals surface area contributed by atoms with Crippen molar-refractivity contribution in [2.24, 2.45) is 5.73 Å². The second kappa shape index (κ2) is 6.86. The number of carbonyl (C=O) groups excluding carboxylic acids is 1. The molecule has 2 unspecified atom stereocenters. The van der Waals surface area contributed by atoms with Crippen molar-refractivity contribution in [1.29, 1.82) is 0 Å². The molecule has 1 amide bonds. The van der Waals surface area contributed by atoms with Crippen LogP contribution < -0.4 is 11.1 Å². The van der Waals surface area contributed by atoms with Crippen molar-refractivity contribution in [1.82, 2.24) is 10.2 Å². The van der Waals surface area contributed by atoms with E-state index in [1.54, 1.807) is 0 Å². The SMILES string of the molecule is Cc1ccc(CNC(=O)CN2CCC(N)CC2C)cc1. The Bertz CT molecular complexity index is 444. The van der Waals surface area contributed by atoms with E-state index in [-0.39, 0.29) is 11.9 Å². The Balaban J connectivity index is 1.76. The molecule has 0 aliphatic carbocycles. The van der Waals surface area contributed by atoms with Gasteiger partial charge in [-0.3, -0.25) is 9.69 Å². The molecule has 1 heterocycles. The molecule has 3 N–H and O–H groups in total. The van der Waals surface area contributed by atoms with Crippen LogP contribution in [0.4, 0.5) is 0 Å². The Kier molecular flexibility index (Phi) is 5.15. The maximum absolute atomic E-state index is 12.0. The van der Waals surface area contributed by atoms with Crippen LogP contribution in [0.5, 0.6) is 0 Å². The Morgan fingerprint density at radius 3 is 2.75 bits per heavy atom.